The van der Waals surface area contributed by atoms with Crippen LogP contribution in [0.4, 0.5) is 4.39 Å². The molecule has 5 rings (SSSR count). The normalized spacial score (nSPS) is 14.1. The largest absolute Gasteiger partial charge is 0.487 e. The van der Waals surface area contributed by atoms with Crippen LogP contribution in [0.3, 0.4) is 0 Å². The van der Waals surface area contributed by atoms with Crippen molar-refractivity contribution in [2.75, 3.05) is 26.2 Å². The highest BCUT2D eigenvalue weighted by molar-refractivity contribution is 6.32. The monoisotopic (exact) mass is 585 g/mol. The lowest BCUT2D eigenvalue weighted by Gasteiger charge is -2.37. The van der Waals surface area contributed by atoms with Gasteiger partial charge in [0, 0.05) is 50.6 Å². The van der Waals surface area contributed by atoms with Gasteiger partial charge in [0.15, 0.2) is 5.75 Å². The Morgan fingerprint density at radius 2 is 1.67 bits per heavy atom. The van der Waals surface area contributed by atoms with Crippen LogP contribution < -0.4 is 9.47 Å². The number of hydrogen-bond donors (Lipinski definition) is 0. The lowest BCUT2D eigenvalue weighted by Crippen LogP contribution is -2.45. The van der Waals surface area contributed by atoms with Gasteiger partial charge in [-0.1, -0.05) is 53.6 Å². The van der Waals surface area contributed by atoms with E-state index >= 15 is 0 Å². The van der Waals surface area contributed by atoms with Crippen molar-refractivity contribution >= 4 is 23.6 Å². The van der Waals surface area contributed by atoms with Crippen LogP contribution in [-0.2, 0) is 17.9 Å². The molecule has 0 saturated carbocycles. The average molecular weight is 586 g/mol. The molecule has 1 aliphatic rings. The van der Waals surface area contributed by atoms with E-state index in [4.69, 9.17) is 21.1 Å². The lowest BCUT2D eigenvalue weighted by molar-refractivity contribution is -0.104. The molecular formula is C34H33ClFN3O3. The maximum atomic E-state index is 13.1. The smallest absolute Gasteiger partial charge is 0.219 e. The van der Waals surface area contributed by atoms with Crippen LogP contribution >= 0.6 is 11.6 Å². The standard InChI is InChI=1S/C34H33ClFN3O3/c1-24-3-5-26(6-4-24)22-38-14-16-39(17-15-38)32(13-18-40)28-19-25(2)34(31(35)20-28)42-33-12-11-30(21-37-33)41-23-27-7-9-29(36)10-8-27/h3-13,18-21H,14-17,22-23H2,1-2H3/b32-13+. The predicted octanol–water partition coefficient (Wildman–Crippen LogP) is 7.22. The molecule has 0 aliphatic carbocycles. The minimum absolute atomic E-state index is 0.285. The number of ether oxygens (including phenoxy) is 2. The summed E-state index contributed by atoms with van der Waals surface area (Å²) in [4.78, 5) is 20.6. The van der Waals surface area contributed by atoms with Crippen molar-refractivity contribution < 1.29 is 18.7 Å². The summed E-state index contributed by atoms with van der Waals surface area (Å²) in [5.74, 6) is 1.15. The molecule has 0 radical (unpaired) electrons. The number of rotatable bonds is 10. The SMILES string of the molecule is Cc1ccc(CN2CCN(/C(=C/C=O)c3cc(C)c(Oc4ccc(OCc5ccc(F)cc5)cn4)c(Cl)c3)CC2)cc1. The van der Waals surface area contributed by atoms with Crippen molar-refractivity contribution in [3.63, 3.8) is 0 Å². The molecule has 4 aromatic rings. The van der Waals surface area contributed by atoms with Gasteiger partial charge in [-0.15, -0.1) is 0 Å². The lowest BCUT2D eigenvalue weighted by atomic mass is 10.1. The molecular weight excluding hydrogens is 553 g/mol. The molecule has 0 unspecified atom stereocenters. The van der Waals surface area contributed by atoms with Crippen LogP contribution in [0.25, 0.3) is 5.70 Å². The minimum atomic E-state index is -0.285. The zero-order valence-electron chi connectivity index (χ0n) is 23.7. The van der Waals surface area contributed by atoms with Crippen molar-refractivity contribution in [1.29, 1.82) is 0 Å². The number of carbonyl (C=O) groups is 1. The molecule has 216 valence electrons. The van der Waals surface area contributed by atoms with Crippen molar-refractivity contribution in [3.8, 4) is 17.4 Å². The third-order valence-corrected chi connectivity index (χ3v) is 7.51. The maximum absolute atomic E-state index is 13.1. The van der Waals surface area contributed by atoms with Crippen molar-refractivity contribution in [1.82, 2.24) is 14.8 Å². The number of allylic oxidation sites excluding steroid dienone is 1. The molecule has 42 heavy (non-hydrogen) atoms. The fourth-order valence-corrected chi connectivity index (χ4v) is 5.22. The van der Waals surface area contributed by atoms with Gasteiger partial charge in [-0.3, -0.25) is 9.69 Å². The summed E-state index contributed by atoms with van der Waals surface area (Å²) < 4.78 is 24.9. The van der Waals surface area contributed by atoms with Gasteiger partial charge in [0.05, 0.1) is 11.2 Å². The third kappa shape index (κ3) is 7.55. The summed E-state index contributed by atoms with van der Waals surface area (Å²) in [6.07, 6.45) is 4.00. The van der Waals surface area contributed by atoms with Gasteiger partial charge in [0.1, 0.15) is 24.5 Å². The molecule has 1 aromatic heterocycles. The molecule has 1 saturated heterocycles. The Balaban J connectivity index is 1.21. The highest BCUT2D eigenvalue weighted by atomic mass is 35.5. The van der Waals surface area contributed by atoms with Gasteiger partial charge in [-0.05, 0) is 66.4 Å². The summed E-state index contributed by atoms with van der Waals surface area (Å²) in [6, 6.07) is 22.1. The summed E-state index contributed by atoms with van der Waals surface area (Å²) >= 11 is 6.71. The molecule has 0 bridgehead atoms. The Morgan fingerprint density at radius 3 is 2.31 bits per heavy atom. The summed E-state index contributed by atoms with van der Waals surface area (Å²) in [5, 5.41) is 0.429. The van der Waals surface area contributed by atoms with Gasteiger partial charge >= 0.3 is 0 Å². The molecule has 3 aromatic carbocycles. The van der Waals surface area contributed by atoms with Crippen molar-refractivity contribution in [2.45, 2.75) is 27.0 Å². The van der Waals surface area contributed by atoms with Gasteiger partial charge in [-0.25, -0.2) is 9.37 Å². The Bertz CT molecular complexity index is 1510. The summed E-state index contributed by atoms with van der Waals surface area (Å²) in [6.45, 7) is 8.63. The fourth-order valence-electron chi connectivity index (χ4n) is 4.92. The van der Waals surface area contributed by atoms with E-state index in [1.54, 1.807) is 36.5 Å². The van der Waals surface area contributed by atoms with E-state index in [0.717, 1.165) is 61.4 Å². The van der Waals surface area contributed by atoms with E-state index in [1.165, 1.54) is 23.3 Å². The number of pyridine rings is 1. The number of aryl methyl sites for hydroxylation is 2. The number of hydrogen-bond acceptors (Lipinski definition) is 6. The van der Waals surface area contributed by atoms with E-state index in [-0.39, 0.29) is 5.82 Å². The van der Waals surface area contributed by atoms with Crippen LogP contribution in [0.5, 0.6) is 17.4 Å². The number of piperazine rings is 1. The molecule has 0 N–H and O–H groups in total. The zero-order chi connectivity index (χ0) is 29.5. The van der Waals surface area contributed by atoms with E-state index < -0.39 is 0 Å². The van der Waals surface area contributed by atoms with Crippen LogP contribution in [0.2, 0.25) is 5.02 Å². The van der Waals surface area contributed by atoms with Gasteiger partial charge in [0.25, 0.3) is 0 Å². The molecule has 0 amide bonds. The Kier molecular flexibility index (Phi) is 9.52. The first-order valence-corrected chi connectivity index (χ1v) is 14.3. The second kappa shape index (κ2) is 13.6. The first-order valence-electron chi connectivity index (χ1n) is 13.9. The Morgan fingerprint density at radius 1 is 0.952 bits per heavy atom. The second-order valence-electron chi connectivity index (χ2n) is 10.4. The van der Waals surface area contributed by atoms with Crippen LogP contribution in [-0.4, -0.2) is 47.2 Å². The van der Waals surface area contributed by atoms with E-state index in [9.17, 15) is 9.18 Å². The van der Waals surface area contributed by atoms with Gasteiger partial charge < -0.3 is 14.4 Å². The molecule has 8 heteroatoms. The highest BCUT2D eigenvalue weighted by Crippen LogP contribution is 2.36. The number of nitrogens with zero attached hydrogens (tertiary/aromatic N) is 3. The molecule has 2 heterocycles. The van der Waals surface area contributed by atoms with Gasteiger partial charge in [-0.2, -0.15) is 0 Å². The van der Waals surface area contributed by atoms with Crippen LogP contribution in [0, 0.1) is 19.7 Å². The zero-order valence-corrected chi connectivity index (χ0v) is 24.5. The molecule has 1 aliphatic heterocycles. The van der Waals surface area contributed by atoms with Crippen LogP contribution in [0.1, 0.15) is 27.8 Å². The molecule has 0 spiro atoms. The molecule has 1 fully saturated rings. The third-order valence-electron chi connectivity index (χ3n) is 7.23. The predicted molar refractivity (Wildman–Crippen MR) is 163 cm³/mol. The number of halogens is 2. The Hall–Kier alpha value is -4.20. The topological polar surface area (TPSA) is 54.9 Å². The second-order valence-corrected chi connectivity index (χ2v) is 10.8. The fraction of sp³-hybridized carbons (Fsp3) is 0.235. The number of aromatic nitrogens is 1. The number of aldehydes is 1. The summed E-state index contributed by atoms with van der Waals surface area (Å²) in [7, 11) is 0. The molecule has 6 nitrogen and oxygen atoms in total. The van der Waals surface area contributed by atoms with Crippen LogP contribution in [0.15, 0.2) is 85.1 Å². The van der Waals surface area contributed by atoms with E-state index in [1.807, 2.05) is 19.1 Å². The minimum Gasteiger partial charge on any atom is -0.487 e. The first kappa shape index (κ1) is 29.3. The van der Waals surface area contributed by atoms with Gasteiger partial charge in [0.2, 0.25) is 5.88 Å². The average Bonchev–Trinajstić information content (AvgIpc) is 3.00. The van der Waals surface area contributed by atoms with Crippen molar-refractivity contribution in [2.24, 2.45) is 0 Å². The maximum Gasteiger partial charge on any atom is 0.219 e. The first-order chi connectivity index (χ1) is 20.4. The highest BCUT2D eigenvalue weighted by Gasteiger charge is 2.21. The molecule has 0 atom stereocenters. The van der Waals surface area contributed by atoms with E-state index in [0.29, 0.717) is 29.0 Å². The Labute approximate surface area is 251 Å². The van der Waals surface area contributed by atoms with E-state index in [2.05, 4.69) is 46.0 Å². The quantitative estimate of drug-likeness (QED) is 0.145. The van der Waals surface area contributed by atoms with Crippen molar-refractivity contribution in [3.05, 3.63) is 124 Å². The number of carbonyl (C=O) groups excluding carboxylic acids is 1. The number of benzene rings is 3. The summed E-state index contributed by atoms with van der Waals surface area (Å²) in [5.41, 5.74) is 5.95.